The highest BCUT2D eigenvalue weighted by molar-refractivity contribution is 5.66. The number of aryl methyl sites for hydroxylation is 1. The van der Waals surface area contributed by atoms with Gasteiger partial charge in [-0.2, -0.15) is 0 Å². The summed E-state index contributed by atoms with van der Waals surface area (Å²) in [6.45, 7) is 6.01. The molecule has 0 heteroatoms. The zero-order chi connectivity index (χ0) is 16.8. The van der Waals surface area contributed by atoms with E-state index in [-0.39, 0.29) is 0 Å². The van der Waals surface area contributed by atoms with Crippen molar-refractivity contribution in [3.05, 3.63) is 54.1 Å². The number of benzene rings is 1. The Morgan fingerprint density at radius 3 is 2.38 bits per heavy atom. The lowest BCUT2D eigenvalue weighted by molar-refractivity contribution is 0.188. The Kier molecular flexibility index (Phi) is 6.35. The molecule has 0 N–H and O–H groups in total. The molecule has 0 spiro atoms. The minimum Gasteiger partial charge on any atom is -0.103 e. The van der Waals surface area contributed by atoms with E-state index in [4.69, 9.17) is 0 Å². The molecule has 1 atom stereocenters. The lowest BCUT2D eigenvalue weighted by atomic mass is 9.70. The highest BCUT2D eigenvalue weighted by Gasteiger charge is 2.28. The van der Waals surface area contributed by atoms with Gasteiger partial charge in [0.05, 0.1) is 0 Å². The van der Waals surface area contributed by atoms with Crippen LogP contribution in [-0.2, 0) is 0 Å². The first-order chi connectivity index (χ1) is 11.8. The molecule has 0 radical (unpaired) electrons. The lowest BCUT2D eigenvalue weighted by Gasteiger charge is -2.35. The Morgan fingerprint density at radius 2 is 1.75 bits per heavy atom. The van der Waals surface area contributed by atoms with E-state index >= 15 is 0 Å². The topological polar surface area (TPSA) is 0 Å². The molecule has 1 unspecified atom stereocenters. The van der Waals surface area contributed by atoms with Crippen molar-refractivity contribution < 1.29 is 0 Å². The largest absolute Gasteiger partial charge is 0.103 e. The van der Waals surface area contributed by atoms with Crippen molar-refractivity contribution in [1.29, 1.82) is 0 Å². The van der Waals surface area contributed by atoms with Crippen molar-refractivity contribution >= 4 is 5.57 Å². The number of rotatable bonds is 6. The second kappa shape index (κ2) is 8.70. The highest BCUT2D eigenvalue weighted by atomic mass is 14.3. The molecule has 3 rings (SSSR count). The molecule has 0 heterocycles. The van der Waals surface area contributed by atoms with Crippen LogP contribution in [0, 0.1) is 24.7 Å². The predicted molar refractivity (Wildman–Crippen MR) is 106 cm³/mol. The third-order valence-electron chi connectivity index (χ3n) is 6.45. The quantitative estimate of drug-likeness (QED) is 0.379. The molecule has 2 aliphatic rings. The predicted octanol–water partition coefficient (Wildman–Crippen LogP) is 7.34. The van der Waals surface area contributed by atoms with Gasteiger partial charge in [-0.15, -0.1) is 6.58 Å². The Morgan fingerprint density at radius 1 is 1.00 bits per heavy atom. The van der Waals surface area contributed by atoms with Gasteiger partial charge in [-0.1, -0.05) is 61.2 Å². The fourth-order valence-corrected chi connectivity index (χ4v) is 4.81. The summed E-state index contributed by atoms with van der Waals surface area (Å²) in [5.41, 5.74) is 4.40. The first-order valence-electron chi connectivity index (χ1n) is 10.1. The summed E-state index contributed by atoms with van der Waals surface area (Å²) in [4.78, 5) is 0. The van der Waals surface area contributed by atoms with Gasteiger partial charge in [-0.3, -0.25) is 0 Å². The SMILES string of the molecule is C=CCCCC1CCC(C2CC=C(c3ccc(C)cc3)CC2)CC1. The zero-order valence-electron chi connectivity index (χ0n) is 15.5. The maximum Gasteiger partial charge on any atom is -0.0228 e. The van der Waals surface area contributed by atoms with E-state index < -0.39 is 0 Å². The van der Waals surface area contributed by atoms with Crippen molar-refractivity contribution in [2.24, 2.45) is 17.8 Å². The van der Waals surface area contributed by atoms with Crippen LogP contribution in [0.25, 0.3) is 5.57 Å². The molecule has 1 aromatic rings. The molecule has 1 aromatic carbocycles. The Labute approximate surface area is 149 Å². The molecule has 1 saturated carbocycles. The van der Waals surface area contributed by atoms with Gasteiger partial charge in [0.25, 0.3) is 0 Å². The van der Waals surface area contributed by atoms with Crippen LogP contribution in [0.4, 0.5) is 0 Å². The standard InChI is InChI=1S/C24H34/c1-3-4-5-6-20-9-13-22(14-10-20)24-17-15-23(16-18-24)21-11-7-19(2)8-12-21/h3,7-8,11-12,15,20,22,24H,1,4-6,9-10,13-14,16-18H2,2H3. The number of hydrogen-bond acceptors (Lipinski definition) is 0. The summed E-state index contributed by atoms with van der Waals surface area (Å²) in [6.07, 6.45) is 18.5. The minimum absolute atomic E-state index is 0.952. The molecule has 0 aliphatic heterocycles. The zero-order valence-corrected chi connectivity index (χ0v) is 15.5. The van der Waals surface area contributed by atoms with Gasteiger partial charge < -0.3 is 0 Å². The third kappa shape index (κ3) is 4.62. The molecule has 0 nitrogen and oxygen atoms in total. The summed E-state index contributed by atoms with van der Waals surface area (Å²) < 4.78 is 0. The lowest BCUT2D eigenvalue weighted by Crippen LogP contribution is -2.23. The van der Waals surface area contributed by atoms with Crippen LogP contribution in [0.5, 0.6) is 0 Å². The second-order valence-electron chi connectivity index (χ2n) is 8.13. The number of unbranched alkanes of at least 4 members (excludes halogenated alkanes) is 1. The fraction of sp³-hybridized carbons (Fsp3) is 0.583. The highest BCUT2D eigenvalue weighted by Crippen LogP contribution is 2.42. The molecular formula is C24H34. The van der Waals surface area contributed by atoms with Gasteiger partial charge in [-0.25, -0.2) is 0 Å². The molecule has 0 bridgehead atoms. The van der Waals surface area contributed by atoms with E-state index in [0.29, 0.717) is 0 Å². The summed E-state index contributed by atoms with van der Waals surface area (Å²) in [7, 11) is 0. The molecule has 130 valence electrons. The summed E-state index contributed by atoms with van der Waals surface area (Å²) in [5.74, 6) is 2.95. The maximum atomic E-state index is 3.84. The fourth-order valence-electron chi connectivity index (χ4n) is 4.81. The smallest absolute Gasteiger partial charge is 0.0228 e. The molecule has 0 saturated heterocycles. The van der Waals surface area contributed by atoms with E-state index in [2.05, 4.69) is 49.9 Å². The second-order valence-corrected chi connectivity index (χ2v) is 8.13. The molecule has 0 amide bonds. The number of allylic oxidation sites excluding steroid dienone is 3. The number of hydrogen-bond donors (Lipinski definition) is 0. The van der Waals surface area contributed by atoms with Crippen molar-refractivity contribution in [3.63, 3.8) is 0 Å². The molecule has 24 heavy (non-hydrogen) atoms. The van der Waals surface area contributed by atoms with E-state index in [1.54, 1.807) is 5.57 Å². The van der Waals surface area contributed by atoms with Crippen LogP contribution >= 0.6 is 0 Å². The average molecular weight is 323 g/mol. The molecular weight excluding hydrogens is 288 g/mol. The van der Waals surface area contributed by atoms with Crippen LogP contribution in [-0.4, -0.2) is 0 Å². The normalized spacial score (nSPS) is 27.5. The maximum absolute atomic E-state index is 3.84. The van der Waals surface area contributed by atoms with Crippen LogP contribution in [0.1, 0.15) is 75.3 Å². The summed E-state index contributed by atoms with van der Waals surface area (Å²) in [5, 5.41) is 0. The van der Waals surface area contributed by atoms with Crippen LogP contribution < -0.4 is 0 Å². The van der Waals surface area contributed by atoms with Crippen molar-refractivity contribution in [2.45, 2.75) is 71.1 Å². The van der Waals surface area contributed by atoms with Gasteiger partial charge in [0.15, 0.2) is 0 Å². The van der Waals surface area contributed by atoms with E-state index in [9.17, 15) is 0 Å². The third-order valence-corrected chi connectivity index (χ3v) is 6.45. The Hall–Kier alpha value is -1.30. The van der Waals surface area contributed by atoms with Crippen LogP contribution in [0.3, 0.4) is 0 Å². The van der Waals surface area contributed by atoms with E-state index in [0.717, 1.165) is 17.8 Å². The first kappa shape index (κ1) is 17.5. The summed E-state index contributed by atoms with van der Waals surface area (Å²) in [6, 6.07) is 9.09. The van der Waals surface area contributed by atoms with Gasteiger partial charge in [0, 0.05) is 0 Å². The Bertz CT molecular complexity index is 540. The average Bonchev–Trinajstić information content (AvgIpc) is 2.63. The van der Waals surface area contributed by atoms with Gasteiger partial charge in [0.2, 0.25) is 0 Å². The van der Waals surface area contributed by atoms with E-state index in [1.165, 1.54) is 75.3 Å². The van der Waals surface area contributed by atoms with Crippen LogP contribution in [0.2, 0.25) is 0 Å². The van der Waals surface area contributed by atoms with Gasteiger partial charge in [-0.05, 0) is 80.8 Å². The molecule has 2 aliphatic carbocycles. The first-order valence-corrected chi connectivity index (χ1v) is 10.1. The van der Waals surface area contributed by atoms with Crippen LogP contribution in [0.15, 0.2) is 43.0 Å². The molecule has 1 fully saturated rings. The van der Waals surface area contributed by atoms with Gasteiger partial charge >= 0.3 is 0 Å². The summed E-state index contributed by atoms with van der Waals surface area (Å²) >= 11 is 0. The Balaban J connectivity index is 1.47. The molecule has 0 aromatic heterocycles. The van der Waals surface area contributed by atoms with Crippen molar-refractivity contribution in [3.8, 4) is 0 Å². The van der Waals surface area contributed by atoms with E-state index in [1.807, 2.05) is 0 Å². The van der Waals surface area contributed by atoms with Crippen molar-refractivity contribution in [2.75, 3.05) is 0 Å². The van der Waals surface area contributed by atoms with Crippen molar-refractivity contribution in [1.82, 2.24) is 0 Å². The van der Waals surface area contributed by atoms with Gasteiger partial charge in [0.1, 0.15) is 0 Å². The monoisotopic (exact) mass is 322 g/mol. The minimum atomic E-state index is 0.952.